The molecule has 2 amide bonds. The van der Waals surface area contributed by atoms with Crippen LogP contribution in [0.15, 0.2) is 23.8 Å². The molecule has 0 saturated heterocycles. The quantitative estimate of drug-likeness (QED) is 0.359. The maximum Gasteiger partial charge on any atom is 0.256 e. The maximum absolute atomic E-state index is 12.6. The molecule has 0 saturated carbocycles. The second kappa shape index (κ2) is 11.2. The number of hydrogen-bond donors (Lipinski definition) is 2. The Labute approximate surface area is 166 Å². The van der Waals surface area contributed by atoms with Gasteiger partial charge in [0.1, 0.15) is 5.57 Å². The van der Waals surface area contributed by atoms with E-state index in [0.29, 0.717) is 40.5 Å². The van der Waals surface area contributed by atoms with Gasteiger partial charge in [-0.25, -0.2) is 0 Å². The van der Waals surface area contributed by atoms with Crippen LogP contribution in [-0.4, -0.2) is 24.9 Å². The Kier molecular flexibility index (Phi) is 9.74. The van der Waals surface area contributed by atoms with E-state index >= 15 is 0 Å². The van der Waals surface area contributed by atoms with Crippen molar-refractivity contribution in [3.8, 4) is 0 Å². The van der Waals surface area contributed by atoms with Crippen molar-refractivity contribution in [1.29, 1.82) is 0 Å². The molecule has 1 aromatic carbocycles. The predicted octanol–water partition coefficient (Wildman–Crippen LogP) is 4.70. The minimum atomic E-state index is -0.427. The summed E-state index contributed by atoms with van der Waals surface area (Å²) in [6, 6.07) is 5.06. The summed E-state index contributed by atoms with van der Waals surface area (Å²) in [4.78, 5) is 25.1. The van der Waals surface area contributed by atoms with Gasteiger partial charge >= 0.3 is 0 Å². The number of rotatable bonds is 9. The number of halogens is 2. The van der Waals surface area contributed by atoms with Gasteiger partial charge in [-0.15, -0.1) is 0 Å². The molecular weight excluding hydrogens is 371 g/mol. The molecule has 1 aromatic rings. The minimum absolute atomic E-state index is 0.00696. The average molecular weight is 399 g/mol. The van der Waals surface area contributed by atoms with Crippen molar-refractivity contribution in [2.75, 3.05) is 13.1 Å². The normalized spacial score (nSPS) is 10.8. The summed E-state index contributed by atoms with van der Waals surface area (Å²) >= 11 is 12.4. The highest BCUT2D eigenvalue weighted by molar-refractivity contribution is 6.37. The zero-order valence-electron chi connectivity index (χ0n) is 15.9. The number of nitrogens with one attached hydrogen (secondary N) is 2. The Balaban J connectivity index is 3.02. The van der Waals surface area contributed by atoms with Gasteiger partial charge in [-0.2, -0.15) is 0 Å². The summed E-state index contributed by atoms with van der Waals surface area (Å²) in [5, 5.41) is 6.38. The highest BCUT2D eigenvalue weighted by Crippen LogP contribution is 2.26. The SMILES string of the molecule is CC(C)CCNC(=O)C(=Cc1c(Cl)cccc1Cl)C(=O)NCCC(C)C. The number of carbonyl (C=O) groups excluding carboxylic acids is 2. The molecule has 0 aliphatic carbocycles. The van der Waals surface area contributed by atoms with E-state index < -0.39 is 11.8 Å². The Bertz CT molecular complexity index is 607. The lowest BCUT2D eigenvalue weighted by Gasteiger charge is -2.12. The third-order valence-electron chi connectivity index (χ3n) is 3.79. The van der Waals surface area contributed by atoms with Crippen molar-refractivity contribution >= 4 is 41.1 Å². The zero-order valence-corrected chi connectivity index (χ0v) is 17.4. The molecule has 0 radical (unpaired) electrons. The standard InChI is InChI=1S/C20H28Cl2N2O2/c1-13(2)8-10-23-19(25)16(20(26)24-11-9-14(3)4)12-15-17(21)6-5-7-18(15)22/h5-7,12-14H,8-11H2,1-4H3,(H,23,25)(H,24,26). The van der Waals surface area contributed by atoms with Gasteiger partial charge in [0, 0.05) is 28.7 Å². The molecule has 144 valence electrons. The summed E-state index contributed by atoms with van der Waals surface area (Å²) in [6.07, 6.45) is 3.13. The van der Waals surface area contributed by atoms with Crippen LogP contribution >= 0.6 is 23.2 Å². The van der Waals surface area contributed by atoms with Gasteiger partial charge in [0.2, 0.25) is 0 Å². The smallest absolute Gasteiger partial charge is 0.256 e. The number of amides is 2. The van der Waals surface area contributed by atoms with Crippen molar-refractivity contribution in [3.63, 3.8) is 0 Å². The van der Waals surface area contributed by atoms with Crippen molar-refractivity contribution < 1.29 is 9.59 Å². The number of benzene rings is 1. The molecule has 0 spiro atoms. The maximum atomic E-state index is 12.6. The van der Waals surface area contributed by atoms with E-state index in [0.717, 1.165) is 12.8 Å². The summed E-state index contributed by atoms with van der Waals surface area (Å²) in [5.74, 6) is 0.0635. The van der Waals surface area contributed by atoms with Crippen LogP contribution < -0.4 is 10.6 Å². The summed E-state index contributed by atoms with van der Waals surface area (Å²) < 4.78 is 0. The topological polar surface area (TPSA) is 58.2 Å². The van der Waals surface area contributed by atoms with Crippen LogP contribution in [0.4, 0.5) is 0 Å². The monoisotopic (exact) mass is 398 g/mol. The molecular formula is C20H28Cl2N2O2. The van der Waals surface area contributed by atoms with Crippen molar-refractivity contribution in [3.05, 3.63) is 39.4 Å². The molecule has 0 bridgehead atoms. The van der Waals surface area contributed by atoms with Crippen LogP contribution in [-0.2, 0) is 9.59 Å². The molecule has 0 fully saturated rings. The van der Waals surface area contributed by atoms with Gasteiger partial charge in [-0.1, -0.05) is 57.0 Å². The Morgan fingerprint density at radius 3 is 1.73 bits per heavy atom. The summed E-state index contributed by atoms with van der Waals surface area (Å²) in [7, 11) is 0. The van der Waals surface area contributed by atoms with E-state index in [4.69, 9.17) is 23.2 Å². The molecule has 0 atom stereocenters. The first kappa shape index (κ1) is 22.5. The lowest BCUT2D eigenvalue weighted by atomic mass is 10.1. The van der Waals surface area contributed by atoms with Gasteiger partial charge in [-0.05, 0) is 42.9 Å². The Hall–Kier alpha value is -1.52. The lowest BCUT2D eigenvalue weighted by Crippen LogP contribution is -2.36. The van der Waals surface area contributed by atoms with Gasteiger partial charge in [0.05, 0.1) is 0 Å². The highest BCUT2D eigenvalue weighted by Gasteiger charge is 2.19. The first-order valence-corrected chi connectivity index (χ1v) is 9.70. The van der Waals surface area contributed by atoms with E-state index in [9.17, 15) is 9.59 Å². The second-order valence-corrected chi connectivity index (χ2v) is 7.88. The molecule has 1 rings (SSSR count). The van der Waals surface area contributed by atoms with Gasteiger partial charge < -0.3 is 10.6 Å². The van der Waals surface area contributed by atoms with Gasteiger partial charge in [0.15, 0.2) is 0 Å². The third kappa shape index (κ3) is 7.79. The predicted molar refractivity (Wildman–Crippen MR) is 109 cm³/mol. The van der Waals surface area contributed by atoms with E-state index in [-0.39, 0.29) is 5.57 Å². The van der Waals surface area contributed by atoms with Crippen LogP contribution in [0.2, 0.25) is 10.0 Å². The molecule has 0 aromatic heterocycles. The first-order valence-electron chi connectivity index (χ1n) is 8.94. The van der Waals surface area contributed by atoms with Crippen molar-refractivity contribution in [2.24, 2.45) is 11.8 Å². The fourth-order valence-electron chi connectivity index (χ4n) is 2.17. The zero-order chi connectivity index (χ0) is 19.7. The second-order valence-electron chi connectivity index (χ2n) is 7.07. The van der Waals surface area contributed by atoms with Crippen LogP contribution in [0, 0.1) is 11.8 Å². The molecule has 6 heteroatoms. The van der Waals surface area contributed by atoms with Crippen LogP contribution in [0.5, 0.6) is 0 Å². The summed E-state index contributed by atoms with van der Waals surface area (Å²) in [6.45, 7) is 9.30. The van der Waals surface area contributed by atoms with Crippen LogP contribution in [0.1, 0.15) is 46.1 Å². The first-order chi connectivity index (χ1) is 12.2. The average Bonchev–Trinajstić information content (AvgIpc) is 2.53. The van der Waals surface area contributed by atoms with E-state index in [1.807, 2.05) is 0 Å². The van der Waals surface area contributed by atoms with Crippen LogP contribution in [0.25, 0.3) is 6.08 Å². The molecule has 0 unspecified atom stereocenters. The lowest BCUT2D eigenvalue weighted by molar-refractivity contribution is -0.123. The van der Waals surface area contributed by atoms with Crippen LogP contribution in [0.3, 0.4) is 0 Å². The van der Waals surface area contributed by atoms with E-state index in [1.165, 1.54) is 6.08 Å². The van der Waals surface area contributed by atoms with Gasteiger partial charge in [-0.3, -0.25) is 9.59 Å². The Morgan fingerprint density at radius 2 is 1.35 bits per heavy atom. The molecule has 0 heterocycles. The third-order valence-corrected chi connectivity index (χ3v) is 4.45. The largest absolute Gasteiger partial charge is 0.352 e. The minimum Gasteiger partial charge on any atom is -0.352 e. The molecule has 0 aliphatic heterocycles. The highest BCUT2D eigenvalue weighted by atomic mass is 35.5. The number of hydrogen-bond acceptors (Lipinski definition) is 2. The molecule has 26 heavy (non-hydrogen) atoms. The van der Waals surface area contributed by atoms with Crippen molar-refractivity contribution in [1.82, 2.24) is 10.6 Å². The van der Waals surface area contributed by atoms with E-state index in [1.54, 1.807) is 18.2 Å². The fraction of sp³-hybridized carbons (Fsp3) is 0.500. The Morgan fingerprint density at radius 1 is 0.923 bits per heavy atom. The molecule has 2 N–H and O–H groups in total. The fourth-order valence-corrected chi connectivity index (χ4v) is 2.67. The number of carbonyl (C=O) groups is 2. The van der Waals surface area contributed by atoms with E-state index in [2.05, 4.69) is 38.3 Å². The molecule has 4 nitrogen and oxygen atoms in total. The van der Waals surface area contributed by atoms with Gasteiger partial charge in [0.25, 0.3) is 11.8 Å². The summed E-state index contributed by atoms with van der Waals surface area (Å²) in [5.41, 5.74) is 0.469. The van der Waals surface area contributed by atoms with Crippen molar-refractivity contribution in [2.45, 2.75) is 40.5 Å². The molecule has 0 aliphatic rings.